The second-order valence-electron chi connectivity index (χ2n) is 5.36. The molecule has 0 radical (unpaired) electrons. The number of imidazole rings is 1. The maximum Gasteiger partial charge on any atom is 0.203 e. The van der Waals surface area contributed by atoms with Crippen LogP contribution in [0, 0.1) is 12.8 Å². The SMILES string of the molecule is CCn1cc(C)nc1NC1CCCCCC1C. The Morgan fingerprint density at radius 2 is 2.12 bits per heavy atom. The van der Waals surface area contributed by atoms with Crippen LogP contribution in [0.5, 0.6) is 0 Å². The molecular weight excluding hydrogens is 210 g/mol. The standard InChI is InChI=1S/C14H25N3/c1-4-17-10-12(3)15-14(17)16-13-9-7-5-6-8-11(13)2/h10-11,13H,4-9H2,1-3H3,(H,15,16). The Kier molecular flexibility index (Phi) is 4.08. The number of nitrogens with zero attached hydrogens (tertiary/aromatic N) is 2. The number of rotatable bonds is 3. The van der Waals surface area contributed by atoms with Crippen molar-refractivity contribution in [1.82, 2.24) is 9.55 Å². The Balaban J connectivity index is 2.07. The zero-order chi connectivity index (χ0) is 12.3. The van der Waals surface area contributed by atoms with Crippen molar-refractivity contribution in [3.8, 4) is 0 Å². The van der Waals surface area contributed by atoms with E-state index >= 15 is 0 Å². The normalized spacial score (nSPS) is 25.6. The molecule has 1 fully saturated rings. The first kappa shape index (κ1) is 12.5. The van der Waals surface area contributed by atoms with Crippen LogP contribution in [0.1, 0.15) is 51.6 Å². The fourth-order valence-electron chi connectivity index (χ4n) is 2.78. The molecule has 2 atom stereocenters. The third-order valence-corrected chi connectivity index (χ3v) is 3.91. The van der Waals surface area contributed by atoms with Crippen molar-refractivity contribution in [2.75, 3.05) is 5.32 Å². The van der Waals surface area contributed by atoms with E-state index in [1.54, 1.807) is 0 Å². The lowest BCUT2D eigenvalue weighted by Crippen LogP contribution is -2.27. The van der Waals surface area contributed by atoms with Crippen LogP contribution in [0.4, 0.5) is 5.95 Å². The lowest BCUT2D eigenvalue weighted by atomic mass is 9.97. The van der Waals surface area contributed by atoms with Crippen LogP contribution in [0.3, 0.4) is 0 Å². The first-order valence-electron chi connectivity index (χ1n) is 7.01. The molecule has 0 aromatic carbocycles. The van der Waals surface area contributed by atoms with Crippen molar-refractivity contribution < 1.29 is 0 Å². The molecule has 1 aromatic rings. The summed E-state index contributed by atoms with van der Waals surface area (Å²) in [5, 5.41) is 3.66. The van der Waals surface area contributed by atoms with E-state index in [1.807, 2.05) is 0 Å². The van der Waals surface area contributed by atoms with Gasteiger partial charge < -0.3 is 9.88 Å². The molecule has 3 heteroatoms. The summed E-state index contributed by atoms with van der Waals surface area (Å²) in [6.45, 7) is 7.59. The molecule has 17 heavy (non-hydrogen) atoms. The summed E-state index contributed by atoms with van der Waals surface area (Å²) in [6.07, 6.45) is 8.90. The van der Waals surface area contributed by atoms with Gasteiger partial charge in [-0.2, -0.15) is 0 Å². The van der Waals surface area contributed by atoms with Crippen molar-refractivity contribution in [3.63, 3.8) is 0 Å². The van der Waals surface area contributed by atoms with E-state index in [2.05, 4.69) is 41.8 Å². The second kappa shape index (κ2) is 5.56. The highest BCUT2D eigenvalue weighted by atomic mass is 15.2. The topological polar surface area (TPSA) is 29.9 Å². The largest absolute Gasteiger partial charge is 0.353 e. The monoisotopic (exact) mass is 235 g/mol. The molecule has 2 rings (SSSR count). The molecule has 1 saturated carbocycles. The van der Waals surface area contributed by atoms with E-state index in [0.717, 1.165) is 24.1 Å². The van der Waals surface area contributed by atoms with Crippen molar-refractivity contribution in [2.45, 2.75) is 65.5 Å². The maximum atomic E-state index is 4.59. The van der Waals surface area contributed by atoms with E-state index in [9.17, 15) is 0 Å². The molecule has 96 valence electrons. The highest BCUT2D eigenvalue weighted by molar-refractivity contribution is 5.30. The molecule has 1 aliphatic carbocycles. The molecule has 0 aliphatic heterocycles. The fraction of sp³-hybridized carbons (Fsp3) is 0.786. The molecule has 1 N–H and O–H groups in total. The molecule has 0 spiro atoms. The molecule has 0 saturated heterocycles. The molecule has 0 amide bonds. The van der Waals surface area contributed by atoms with Gasteiger partial charge in [0.1, 0.15) is 0 Å². The average Bonchev–Trinajstić information content (AvgIpc) is 2.54. The van der Waals surface area contributed by atoms with Crippen LogP contribution in [-0.2, 0) is 6.54 Å². The van der Waals surface area contributed by atoms with Gasteiger partial charge in [-0.25, -0.2) is 4.98 Å². The summed E-state index contributed by atoms with van der Waals surface area (Å²) in [5.74, 6) is 1.82. The van der Waals surface area contributed by atoms with Gasteiger partial charge in [-0.05, 0) is 32.6 Å². The number of hydrogen-bond donors (Lipinski definition) is 1. The molecular formula is C14H25N3. The highest BCUT2D eigenvalue weighted by Gasteiger charge is 2.21. The van der Waals surface area contributed by atoms with Gasteiger partial charge in [0.2, 0.25) is 5.95 Å². The smallest absolute Gasteiger partial charge is 0.203 e. The summed E-state index contributed by atoms with van der Waals surface area (Å²) < 4.78 is 2.22. The van der Waals surface area contributed by atoms with Crippen LogP contribution < -0.4 is 5.32 Å². The lowest BCUT2D eigenvalue weighted by Gasteiger charge is -2.23. The molecule has 1 heterocycles. The van der Waals surface area contributed by atoms with Gasteiger partial charge in [0.05, 0.1) is 5.69 Å². The minimum Gasteiger partial charge on any atom is -0.353 e. The van der Waals surface area contributed by atoms with Crippen LogP contribution in [0.15, 0.2) is 6.20 Å². The van der Waals surface area contributed by atoms with E-state index in [1.165, 1.54) is 32.1 Å². The Bertz CT molecular complexity index is 356. The van der Waals surface area contributed by atoms with Gasteiger partial charge in [0.15, 0.2) is 0 Å². The summed E-state index contributed by atoms with van der Waals surface area (Å²) in [7, 11) is 0. The zero-order valence-corrected chi connectivity index (χ0v) is 11.4. The van der Waals surface area contributed by atoms with Gasteiger partial charge in [-0.1, -0.05) is 26.2 Å². The predicted octanol–water partition coefficient (Wildman–Crippen LogP) is 3.59. The van der Waals surface area contributed by atoms with Crippen molar-refractivity contribution in [2.24, 2.45) is 5.92 Å². The minimum atomic E-state index is 0.601. The summed E-state index contributed by atoms with van der Waals surface area (Å²) in [6, 6.07) is 0.601. The molecule has 3 nitrogen and oxygen atoms in total. The number of hydrogen-bond acceptors (Lipinski definition) is 2. The van der Waals surface area contributed by atoms with Gasteiger partial charge in [0.25, 0.3) is 0 Å². The lowest BCUT2D eigenvalue weighted by molar-refractivity contribution is 0.452. The summed E-state index contributed by atoms with van der Waals surface area (Å²) in [5.41, 5.74) is 1.11. The minimum absolute atomic E-state index is 0.601. The molecule has 0 bridgehead atoms. The van der Waals surface area contributed by atoms with Crippen molar-refractivity contribution in [1.29, 1.82) is 0 Å². The van der Waals surface area contributed by atoms with Gasteiger partial charge >= 0.3 is 0 Å². The van der Waals surface area contributed by atoms with Crippen LogP contribution in [0.2, 0.25) is 0 Å². The number of nitrogens with one attached hydrogen (secondary N) is 1. The van der Waals surface area contributed by atoms with E-state index in [0.29, 0.717) is 6.04 Å². The van der Waals surface area contributed by atoms with Crippen molar-refractivity contribution >= 4 is 5.95 Å². The Labute approximate surface area is 105 Å². The molecule has 1 aliphatic rings. The van der Waals surface area contributed by atoms with Gasteiger partial charge in [-0.3, -0.25) is 0 Å². The van der Waals surface area contributed by atoms with Crippen molar-refractivity contribution in [3.05, 3.63) is 11.9 Å². The van der Waals surface area contributed by atoms with Crippen LogP contribution >= 0.6 is 0 Å². The summed E-state index contributed by atoms with van der Waals surface area (Å²) in [4.78, 5) is 4.59. The van der Waals surface area contributed by atoms with E-state index in [-0.39, 0.29) is 0 Å². The fourth-order valence-corrected chi connectivity index (χ4v) is 2.78. The maximum absolute atomic E-state index is 4.59. The first-order valence-corrected chi connectivity index (χ1v) is 7.01. The van der Waals surface area contributed by atoms with Gasteiger partial charge in [0, 0.05) is 18.8 Å². The quantitative estimate of drug-likeness (QED) is 0.811. The Morgan fingerprint density at radius 3 is 2.88 bits per heavy atom. The van der Waals surface area contributed by atoms with Gasteiger partial charge in [-0.15, -0.1) is 0 Å². The molecule has 1 aromatic heterocycles. The average molecular weight is 235 g/mol. The third-order valence-electron chi connectivity index (χ3n) is 3.91. The predicted molar refractivity (Wildman–Crippen MR) is 72.3 cm³/mol. The second-order valence-corrected chi connectivity index (χ2v) is 5.36. The van der Waals surface area contributed by atoms with E-state index in [4.69, 9.17) is 0 Å². The highest BCUT2D eigenvalue weighted by Crippen LogP contribution is 2.25. The number of aryl methyl sites for hydroxylation is 2. The number of aromatic nitrogens is 2. The number of anilines is 1. The third kappa shape index (κ3) is 3.02. The summed E-state index contributed by atoms with van der Waals surface area (Å²) >= 11 is 0. The molecule has 2 unspecified atom stereocenters. The van der Waals surface area contributed by atoms with E-state index < -0.39 is 0 Å². The Morgan fingerprint density at radius 1 is 1.35 bits per heavy atom. The zero-order valence-electron chi connectivity index (χ0n) is 11.4. The van der Waals surface area contributed by atoms with Crippen LogP contribution in [0.25, 0.3) is 0 Å². The first-order chi connectivity index (χ1) is 8.20. The van der Waals surface area contributed by atoms with Crippen LogP contribution in [-0.4, -0.2) is 15.6 Å². The Hall–Kier alpha value is -0.990.